The van der Waals surface area contributed by atoms with E-state index in [2.05, 4.69) is 20.3 Å². The molecule has 1 saturated carbocycles. The highest BCUT2D eigenvalue weighted by molar-refractivity contribution is 5.69. The summed E-state index contributed by atoms with van der Waals surface area (Å²) in [6.45, 7) is 8.60. The summed E-state index contributed by atoms with van der Waals surface area (Å²) in [6.07, 6.45) is 0.486. The first-order chi connectivity index (χ1) is 14.6. The number of carbonyl (C=O) groups is 1. The molecule has 3 heterocycles. The number of ether oxygens (including phenoxy) is 1. The fraction of sp³-hybridized carbons (Fsp3) is 0.545. The number of nitrogens with zero attached hydrogens (tertiary/aromatic N) is 4. The zero-order valence-electron chi connectivity index (χ0n) is 18.2. The minimum Gasteiger partial charge on any atom is -0.444 e. The van der Waals surface area contributed by atoms with E-state index in [4.69, 9.17) is 4.74 Å². The largest absolute Gasteiger partial charge is 0.444 e. The number of anilines is 1. The van der Waals surface area contributed by atoms with Crippen LogP contribution in [-0.4, -0.2) is 50.7 Å². The van der Waals surface area contributed by atoms with Crippen LogP contribution in [0.1, 0.15) is 51.4 Å². The normalized spacial score (nSPS) is 19.7. The van der Waals surface area contributed by atoms with Gasteiger partial charge in [-0.2, -0.15) is 0 Å². The van der Waals surface area contributed by atoms with E-state index in [1.807, 2.05) is 20.8 Å². The average molecular weight is 431 g/mol. The fourth-order valence-electron chi connectivity index (χ4n) is 3.98. The number of aryl methyl sites for hydroxylation is 1. The third-order valence-electron chi connectivity index (χ3n) is 5.74. The van der Waals surface area contributed by atoms with Crippen molar-refractivity contribution in [2.75, 3.05) is 18.4 Å². The molecule has 2 aliphatic rings. The molecule has 2 fully saturated rings. The van der Waals surface area contributed by atoms with Crippen molar-refractivity contribution in [3.05, 3.63) is 35.8 Å². The molecular formula is C22H27F2N5O2. The van der Waals surface area contributed by atoms with Crippen molar-refractivity contribution in [2.45, 2.75) is 58.6 Å². The lowest BCUT2D eigenvalue weighted by molar-refractivity contribution is 0.0285. The fourth-order valence-corrected chi connectivity index (χ4v) is 3.98. The van der Waals surface area contributed by atoms with E-state index in [9.17, 15) is 13.6 Å². The number of aromatic nitrogens is 3. The van der Waals surface area contributed by atoms with Crippen LogP contribution >= 0.6 is 0 Å². The number of alkyl halides is 2. The van der Waals surface area contributed by atoms with Gasteiger partial charge in [0.05, 0.1) is 11.7 Å². The molecule has 2 aromatic heterocycles. The minimum absolute atomic E-state index is 0.0554. The van der Waals surface area contributed by atoms with Crippen LogP contribution in [-0.2, 0) is 4.74 Å². The molecule has 1 N–H and O–H groups in total. The maximum absolute atomic E-state index is 13.0. The van der Waals surface area contributed by atoms with Gasteiger partial charge >= 0.3 is 6.09 Å². The summed E-state index contributed by atoms with van der Waals surface area (Å²) < 4.78 is 31.4. The highest BCUT2D eigenvalue weighted by Gasteiger charge is 2.56. The molecule has 166 valence electrons. The van der Waals surface area contributed by atoms with E-state index in [-0.39, 0.29) is 29.1 Å². The first kappa shape index (κ1) is 21.4. The summed E-state index contributed by atoms with van der Waals surface area (Å²) in [4.78, 5) is 26.9. The van der Waals surface area contributed by atoms with Crippen molar-refractivity contribution < 1.29 is 18.3 Å². The van der Waals surface area contributed by atoms with Crippen molar-refractivity contribution in [3.8, 4) is 11.4 Å². The van der Waals surface area contributed by atoms with E-state index in [1.165, 1.54) is 12.3 Å². The Balaban J connectivity index is 1.48. The van der Waals surface area contributed by atoms with Crippen LogP contribution in [0.4, 0.5) is 19.4 Å². The Morgan fingerprint density at radius 1 is 1.26 bits per heavy atom. The van der Waals surface area contributed by atoms with E-state index in [0.29, 0.717) is 30.2 Å². The Morgan fingerprint density at radius 3 is 2.61 bits per heavy atom. The van der Waals surface area contributed by atoms with Crippen LogP contribution in [0.3, 0.4) is 0 Å². The zero-order chi connectivity index (χ0) is 22.4. The lowest BCUT2D eigenvalue weighted by atomic mass is 10.0. The molecule has 1 saturated heterocycles. The van der Waals surface area contributed by atoms with Gasteiger partial charge < -0.3 is 15.0 Å². The van der Waals surface area contributed by atoms with Gasteiger partial charge in [0.15, 0.2) is 5.82 Å². The molecule has 1 aliphatic carbocycles. The van der Waals surface area contributed by atoms with Crippen LogP contribution in [0.15, 0.2) is 24.4 Å². The SMILES string of the molecule is Cc1nc(NC2CN(C(=O)OC(C)(C)C)CC23CC3)ccc1-c1nccc(C(F)F)n1. The smallest absolute Gasteiger partial charge is 0.410 e. The highest BCUT2D eigenvalue weighted by atomic mass is 19.3. The van der Waals surface area contributed by atoms with Crippen LogP contribution in [0.5, 0.6) is 0 Å². The topological polar surface area (TPSA) is 80.2 Å². The second-order valence-corrected chi connectivity index (χ2v) is 9.36. The maximum atomic E-state index is 13.0. The van der Waals surface area contributed by atoms with Gasteiger partial charge in [-0.1, -0.05) is 0 Å². The van der Waals surface area contributed by atoms with Crippen LogP contribution < -0.4 is 5.32 Å². The Kier molecular flexibility index (Phi) is 5.31. The number of hydrogen-bond donors (Lipinski definition) is 1. The Morgan fingerprint density at radius 2 is 2.00 bits per heavy atom. The van der Waals surface area contributed by atoms with Crippen LogP contribution in [0.2, 0.25) is 0 Å². The van der Waals surface area contributed by atoms with Gasteiger partial charge in [0.25, 0.3) is 6.43 Å². The second-order valence-electron chi connectivity index (χ2n) is 9.36. The molecule has 1 amide bonds. The molecule has 31 heavy (non-hydrogen) atoms. The number of likely N-dealkylation sites (tertiary alicyclic amines) is 1. The second kappa shape index (κ2) is 7.69. The maximum Gasteiger partial charge on any atom is 0.410 e. The molecule has 2 aromatic rings. The van der Waals surface area contributed by atoms with Crippen molar-refractivity contribution in [1.82, 2.24) is 19.9 Å². The number of carbonyl (C=O) groups excluding carboxylic acids is 1. The van der Waals surface area contributed by atoms with Gasteiger partial charge in [-0.25, -0.2) is 28.5 Å². The van der Waals surface area contributed by atoms with Crippen molar-refractivity contribution in [1.29, 1.82) is 0 Å². The number of amides is 1. The number of pyridine rings is 1. The van der Waals surface area contributed by atoms with Crippen LogP contribution in [0.25, 0.3) is 11.4 Å². The summed E-state index contributed by atoms with van der Waals surface area (Å²) >= 11 is 0. The Labute approximate surface area is 180 Å². The molecule has 0 aromatic carbocycles. The molecule has 1 spiro atoms. The Bertz CT molecular complexity index is 988. The molecule has 0 radical (unpaired) electrons. The van der Waals surface area contributed by atoms with Gasteiger partial charge in [0.2, 0.25) is 0 Å². The summed E-state index contributed by atoms with van der Waals surface area (Å²) in [5.74, 6) is 0.901. The van der Waals surface area contributed by atoms with Crippen LogP contribution in [0, 0.1) is 12.3 Å². The van der Waals surface area contributed by atoms with Gasteiger partial charge in [-0.05, 0) is 58.7 Å². The predicted molar refractivity (Wildman–Crippen MR) is 112 cm³/mol. The monoisotopic (exact) mass is 431 g/mol. The number of rotatable bonds is 4. The molecule has 1 unspecified atom stereocenters. The third-order valence-corrected chi connectivity index (χ3v) is 5.74. The van der Waals surface area contributed by atoms with Crippen molar-refractivity contribution in [3.63, 3.8) is 0 Å². The summed E-state index contributed by atoms with van der Waals surface area (Å²) in [5, 5.41) is 3.47. The highest BCUT2D eigenvalue weighted by Crippen LogP contribution is 2.53. The van der Waals surface area contributed by atoms with Gasteiger partial charge in [-0.15, -0.1) is 0 Å². The zero-order valence-corrected chi connectivity index (χ0v) is 18.2. The summed E-state index contributed by atoms with van der Waals surface area (Å²) in [5.41, 5.74) is 0.465. The number of nitrogens with one attached hydrogen (secondary N) is 1. The first-order valence-electron chi connectivity index (χ1n) is 10.4. The molecule has 1 atom stereocenters. The number of hydrogen-bond acceptors (Lipinski definition) is 6. The number of halogens is 2. The lowest BCUT2D eigenvalue weighted by Crippen LogP contribution is -2.36. The van der Waals surface area contributed by atoms with E-state index < -0.39 is 12.0 Å². The van der Waals surface area contributed by atoms with Gasteiger partial charge in [0, 0.05) is 30.3 Å². The molecule has 0 bridgehead atoms. The summed E-state index contributed by atoms with van der Waals surface area (Å²) in [6, 6.07) is 4.87. The van der Waals surface area contributed by atoms with E-state index >= 15 is 0 Å². The standard InChI is InChI=1S/C22H27F2N5O2/c1-13-14(19-25-10-7-15(27-19)18(23)24)5-6-17(26-13)28-16-11-29(12-22(16)8-9-22)20(30)31-21(2,3)4/h5-7,10,16,18H,8-9,11-12H2,1-4H3,(H,26,28). The summed E-state index contributed by atoms with van der Waals surface area (Å²) in [7, 11) is 0. The Hall–Kier alpha value is -2.84. The lowest BCUT2D eigenvalue weighted by Gasteiger charge is -2.24. The quantitative estimate of drug-likeness (QED) is 0.762. The third kappa shape index (κ3) is 4.60. The van der Waals surface area contributed by atoms with Gasteiger partial charge in [0.1, 0.15) is 17.1 Å². The minimum atomic E-state index is -2.65. The first-order valence-corrected chi connectivity index (χ1v) is 10.4. The average Bonchev–Trinajstić information content (AvgIpc) is 3.37. The van der Waals surface area contributed by atoms with Crippen molar-refractivity contribution in [2.24, 2.45) is 5.41 Å². The van der Waals surface area contributed by atoms with Gasteiger partial charge in [-0.3, -0.25) is 0 Å². The molecule has 9 heteroatoms. The molecular weight excluding hydrogens is 404 g/mol. The molecule has 1 aliphatic heterocycles. The molecule has 4 rings (SSSR count). The molecule has 7 nitrogen and oxygen atoms in total. The van der Waals surface area contributed by atoms with E-state index in [0.717, 1.165) is 12.8 Å². The van der Waals surface area contributed by atoms with Crippen molar-refractivity contribution >= 4 is 11.9 Å². The predicted octanol–water partition coefficient (Wildman–Crippen LogP) is 4.60. The van der Waals surface area contributed by atoms with E-state index in [1.54, 1.807) is 24.0 Å².